The zero-order chi connectivity index (χ0) is 21.0. The Balaban J connectivity index is 1.40. The van der Waals surface area contributed by atoms with Crippen LogP contribution < -0.4 is 5.32 Å². The molecule has 6 heteroatoms. The van der Waals surface area contributed by atoms with E-state index in [4.69, 9.17) is 21.7 Å². The molecule has 1 N–H and O–H groups in total. The average molecular weight is 431 g/mol. The first-order valence-electron chi connectivity index (χ1n) is 11.5. The number of carbonyl (C=O) groups is 1. The van der Waals surface area contributed by atoms with Gasteiger partial charge in [0.2, 0.25) is 0 Å². The van der Waals surface area contributed by atoms with E-state index in [1.807, 2.05) is 0 Å². The van der Waals surface area contributed by atoms with E-state index in [0.717, 1.165) is 35.6 Å². The molecule has 0 aromatic heterocycles. The second-order valence-corrected chi connectivity index (χ2v) is 9.46. The SMILES string of the molecule is CC(=O)OCCc1ccc(C(=S)NC2CC3(CCCO3)CCC2N2CCCC2)cc1. The van der Waals surface area contributed by atoms with Crippen molar-refractivity contribution in [1.82, 2.24) is 10.2 Å². The molecule has 0 amide bonds. The highest BCUT2D eigenvalue weighted by molar-refractivity contribution is 7.80. The van der Waals surface area contributed by atoms with Crippen molar-refractivity contribution in [3.8, 4) is 0 Å². The number of nitrogens with one attached hydrogen (secondary N) is 1. The molecule has 30 heavy (non-hydrogen) atoms. The predicted octanol–water partition coefficient (Wildman–Crippen LogP) is 3.62. The Hall–Kier alpha value is -1.50. The third kappa shape index (κ3) is 5.21. The number of rotatable bonds is 6. The van der Waals surface area contributed by atoms with E-state index in [-0.39, 0.29) is 11.6 Å². The topological polar surface area (TPSA) is 50.8 Å². The number of nitrogens with zero attached hydrogens (tertiary/aromatic N) is 1. The molecule has 0 bridgehead atoms. The largest absolute Gasteiger partial charge is 0.466 e. The molecule has 1 aromatic rings. The van der Waals surface area contributed by atoms with E-state index in [2.05, 4.69) is 34.5 Å². The third-order valence-corrected chi connectivity index (χ3v) is 7.33. The smallest absolute Gasteiger partial charge is 0.302 e. The molecule has 1 saturated carbocycles. The van der Waals surface area contributed by atoms with Gasteiger partial charge >= 0.3 is 5.97 Å². The highest BCUT2D eigenvalue weighted by atomic mass is 32.1. The number of hydrogen-bond donors (Lipinski definition) is 1. The van der Waals surface area contributed by atoms with Gasteiger partial charge in [-0.15, -0.1) is 0 Å². The van der Waals surface area contributed by atoms with Gasteiger partial charge in [0.05, 0.1) is 12.2 Å². The predicted molar refractivity (Wildman–Crippen MR) is 122 cm³/mol. The molecule has 1 aliphatic carbocycles. The summed E-state index contributed by atoms with van der Waals surface area (Å²) in [5, 5.41) is 3.73. The molecule has 2 heterocycles. The van der Waals surface area contributed by atoms with Gasteiger partial charge in [-0.3, -0.25) is 9.69 Å². The van der Waals surface area contributed by atoms with E-state index in [9.17, 15) is 4.79 Å². The Kier molecular flexibility index (Phi) is 7.06. The number of thiocarbonyl (C=S) groups is 1. The molecule has 4 rings (SSSR count). The summed E-state index contributed by atoms with van der Waals surface area (Å²) in [5.41, 5.74) is 2.26. The fourth-order valence-electron chi connectivity index (χ4n) is 5.41. The Morgan fingerprint density at radius 1 is 1.23 bits per heavy atom. The van der Waals surface area contributed by atoms with Gasteiger partial charge < -0.3 is 14.8 Å². The van der Waals surface area contributed by atoms with Crippen molar-refractivity contribution in [3.05, 3.63) is 35.4 Å². The third-order valence-electron chi connectivity index (χ3n) is 6.98. The standard InChI is InChI=1S/C24H34N2O3S/c1-18(27)28-16-10-19-5-7-20(8-6-19)23(30)25-21-17-24(11-4-15-29-24)12-9-22(21)26-13-2-3-14-26/h5-8,21-22H,2-4,9-17H2,1H3,(H,25,30). The first kappa shape index (κ1) is 21.7. The van der Waals surface area contributed by atoms with E-state index < -0.39 is 0 Å². The quantitative estimate of drug-likeness (QED) is 0.550. The van der Waals surface area contributed by atoms with Crippen LogP contribution in [0.25, 0.3) is 0 Å². The second kappa shape index (κ2) is 9.75. The number of hydrogen-bond acceptors (Lipinski definition) is 5. The van der Waals surface area contributed by atoms with Gasteiger partial charge in [-0.2, -0.15) is 0 Å². The summed E-state index contributed by atoms with van der Waals surface area (Å²) in [6.07, 6.45) is 9.12. The van der Waals surface area contributed by atoms with E-state index in [1.165, 1.54) is 58.5 Å². The van der Waals surface area contributed by atoms with E-state index in [0.29, 0.717) is 18.7 Å². The molecule has 3 aliphatic rings. The fraction of sp³-hybridized carbons (Fsp3) is 0.667. The van der Waals surface area contributed by atoms with Gasteiger partial charge in [0, 0.05) is 37.6 Å². The van der Waals surface area contributed by atoms with E-state index in [1.54, 1.807) is 0 Å². The maximum atomic E-state index is 10.9. The monoisotopic (exact) mass is 430 g/mol. The molecular formula is C24H34N2O3S. The Morgan fingerprint density at radius 3 is 2.67 bits per heavy atom. The van der Waals surface area contributed by atoms with Gasteiger partial charge in [0.25, 0.3) is 0 Å². The van der Waals surface area contributed by atoms with Crippen LogP contribution in [0.5, 0.6) is 0 Å². The minimum absolute atomic E-state index is 0.0596. The number of ether oxygens (including phenoxy) is 2. The summed E-state index contributed by atoms with van der Waals surface area (Å²) < 4.78 is 11.3. The van der Waals surface area contributed by atoms with Gasteiger partial charge in [0.15, 0.2) is 0 Å². The first-order chi connectivity index (χ1) is 14.5. The lowest BCUT2D eigenvalue weighted by molar-refractivity contribution is -0.140. The van der Waals surface area contributed by atoms with E-state index >= 15 is 0 Å². The van der Waals surface area contributed by atoms with Crippen LogP contribution in [0.4, 0.5) is 0 Å². The van der Waals surface area contributed by atoms with Crippen molar-refractivity contribution in [2.45, 2.75) is 76.0 Å². The van der Waals surface area contributed by atoms with Crippen LogP contribution >= 0.6 is 12.2 Å². The van der Waals surface area contributed by atoms with Crippen molar-refractivity contribution in [1.29, 1.82) is 0 Å². The van der Waals surface area contributed by atoms with Gasteiger partial charge in [-0.05, 0) is 63.6 Å². The average Bonchev–Trinajstić information content (AvgIpc) is 3.41. The summed E-state index contributed by atoms with van der Waals surface area (Å²) in [7, 11) is 0. The van der Waals surface area contributed by atoms with Gasteiger partial charge in [0.1, 0.15) is 4.99 Å². The van der Waals surface area contributed by atoms with Crippen LogP contribution in [0.1, 0.15) is 63.0 Å². The minimum atomic E-state index is -0.235. The molecule has 164 valence electrons. The zero-order valence-corrected chi connectivity index (χ0v) is 18.8. The lowest BCUT2D eigenvalue weighted by Gasteiger charge is -2.46. The molecule has 1 spiro atoms. The molecular weight excluding hydrogens is 396 g/mol. The van der Waals surface area contributed by atoms with Crippen LogP contribution in [0.3, 0.4) is 0 Å². The molecule has 3 fully saturated rings. The zero-order valence-electron chi connectivity index (χ0n) is 18.0. The van der Waals surface area contributed by atoms with Crippen molar-refractivity contribution in [2.75, 3.05) is 26.3 Å². The lowest BCUT2D eigenvalue weighted by Crippen LogP contribution is -2.57. The van der Waals surface area contributed by atoms with Crippen LogP contribution in [-0.2, 0) is 20.7 Å². The fourth-order valence-corrected chi connectivity index (χ4v) is 5.70. The number of esters is 1. The number of benzene rings is 1. The molecule has 3 atom stereocenters. The number of carbonyl (C=O) groups excluding carboxylic acids is 1. The van der Waals surface area contributed by atoms with Gasteiger partial charge in [-0.25, -0.2) is 0 Å². The molecule has 5 nitrogen and oxygen atoms in total. The Labute approximate surface area is 185 Å². The number of likely N-dealkylation sites (tertiary alicyclic amines) is 1. The summed E-state index contributed by atoms with van der Waals surface area (Å²) in [4.78, 5) is 14.4. The molecule has 2 aliphatic heterocycles. The molecule has 1 aromatic carbocycles. The maximum Gasteiger partial charge on any atom is 0.302 e. The van der Waals surface area contributed by atoms with Crippen LogP contribution in [0, 0.1) is 0 Å². The molecule has 3 unspecified atom stereocenters. The van der Waals surface area contributed by atoms with Crippen molar-refractivity contribution < 1.29 is 14.3 Å². The van der Waals surface area contributed by atoms with Crippen LogP contribution in [0.2, 0.25) is 0 Å². The van der Waals surface area contributed by atoms with Crippen LogP contribution in [0.15, 0.2) is 24.3 Å². The minimum Gasteiger partial charge on any atom is -0.466 e. The summed E-state index contributed by atoms with van der Waals surface area (Å²) >= 11 is 5.82. The van der Waals surface area contributed by atoms with Crippen LogP contribution in [-0.4, -0.2) is 59.8 Å². The molecule has 0 radical (unpaired) electrons. The van der Waals surface area contributed by atoms with Gasteiger partial charge in [-0.1, -0.05) is 36.5 Å². The molecule has 2 saturated heterocycles. The second-order valence-electron chi connectivity index (χ2n) is 9.06. The first-order valence-corrected chi connectivity index (χ1v) is 11.9. The summed E-state index contributed by atoms with van der Waals surface area (Å²) in [6, 6.07) is 9.19. The maximum absolute atomic E-state index is 10.9. The highest BCUT2D eigenvalue weighted by Crippen LogP contribution is 2.41. The lowest BCUT2D eigenvalue weighted by atomic mass is 9.76. The Morgan fingerprint density at radius 2 is 2.00 bits per heavy atom. The van der Waals surface area contributed by atoms with Crippen molar-refractivity contribution in [2.24, 2.45) is 0 Å². The Bertz CT molecular complexity index is 739. The summed E-state index contributed by atoms with van der Waals surface area (Å²) in [6.45, 7) is 5.18. The normalized spacial score (nSPS) is 29.2. The van der Waals surface area contributed by atoms with Crippen molar-refractivity contribution >= 4 is 23.2 Å². The summed E-state index contributed by atoms with van der Waals surface area (Å²) in [5.74, 6) is -0.235. The van der Waals surface area contributed by atoms with Crippen molar-refractivity contribution in [3.63, 3.8) is 0 Å². The highest BCUT2D eigenvalue weighted by Gasteiger charge is 2.45.